The summed E-state index contributed by atoms with van der Waals surface area (Å²) in [7, 11) is -3.16. The van der Waals surface area contributed by atoms with Crippen molar-refractivity contribution in [3.63, 3.8) is 0 Å². The van der Waals surface area contributed by atoms with Crippen LogP contribution in [0.25, 0.3) is 0 Å². The van der Waals surface area contributed by atoms with E-state index in [0.717, 1.165) is 36.9 Å². The zero-order chi connectivity index (χ0) is 17.8. The first-order valence-corrected chi connectivity index (χ1v) is 11.8. The summed E-state index contributed by atoms with van der Waals surface area (Å²) < 4.78 is 26.2. The van der Waals surface area contributed by atoms with E-state index >= 15 is 0 Å². The van der Waals surface area contributed by atoms with E-state index in [2.05, 4.69) is 29.5 Å². The number of aliphatic imine (C=N–C) groups is 1. The molecular formula is C16H35IN4O2S2. The van der Waals surface area contributed by atoms with Crippen molar-refractivity contribution < 1.29 is 8.42 Å². The van der Waals surface area contributed by atoms with Crippen molar-refractivity contribution >= 4 is 51.7 Å². The predicted molar refractivity (Wildman–Crippen MR) is 121 cm³/mol. The van der Waals surface area contributed by atoms with Gasteiger partial charge in [0.25, 0.3) is 0 Å². The maximum Gasteiger partial charge on any atom is 0.215 e. The average molecular weight is 507 g/mol. The molecule has 0 atom stereocenters. The first-order valence-electron chi connectivity index (χ1n) is 9.03. The first kappa shape index (κ1) is 25.3. The minimum absolute atomic E-state index is 0. The van der Waals surface area contributed by atoms with Crippen molar-refractivity contribution in [3.05, 3.63) is 0 Å². The molecule has 2 N–H and O–H groups in total. The van der Waals surface area contributed by atoms with Crippen LogP contribution in [0.4, 0.5) is 0 Å². The van der Waals surface area contributed by atoms with Gasteiger partial charge in [-0.2, -0.15) is 11.8 Å². The van der Waals surface area contributed by atoms with E-state index in [1.54, 1.807) is 4.31 Å². The van der Waals surface area contributed by atoms with Crippen LogP contribution in [0.3, 0.4) is 0 Å². The van der Waals surface area contributed by atoms with E-state index in [4.69, 9.17) is 0 Å². The van der Waals surface area contributed by atoms with Crippen LogP contribution >= 0.6 is 35.7 Å². The summed E-state index contributed by atoms with van der Waals surface area (Å²) in [5.41, 5.74) is 0. The van der Waals surface area contributed by atoms with Gasteiger partial charge in [-0.3, -0.25) is 4.99 Å². The molecule has 1 aliphatic heterocycles. The van der Waals surface area contributed by atoms with Gasteiger partial charge in [0.15, 0.2) is 5.96 Å². The highest BCUT2D eigenvalue weighted by Crippen LogP contribution is 2.13. The van der Waals surface area contributed by atoms with Gasteiger partial charge in [-0.25, -0.2) is 12.7 Å². The number of halogens is 1. The van der Waals surface area contributed by atoms with Gasteiger partial charge < -0.3 is 10.6 Å². The third kappa shape index (κ3) is 11.6. The molecule has 0 aliphatic carbocycles. The molecule has 150 valence electrons. The molecule has 0 aromatic rings. The molecule has 0 aromatic carbocycles. The Labute approximate surface area is 175 Å². The number of rotatable bonds is 10. The zero-order valence-electron chi connectivity index (χ0n) is 15.8. The van der Waals surface area contributed by atoms with E-state index in [1.165, 1.54) is 12.8 Å². The Morgan fingerprint density at radius 2 is 1.88 bits per heavy atom. The van der Waals surface area contributed by atoms with Crippen molar-refractivity contribution in [1.29, 1.82) is 0 Å². The van der Waals surface area contributed by atoms with Gasteiger partial charge in [0, 0.05) is 44.2 Å². The van der Waals surface area contributed by atoms with E-state index in [9.17, 15) is 8.42 Å². The van der Waals surface area contributed by atoms with Gasteiger partial charge in [-0.1, -0.05) is 26.7 Å². The standard InChI is InChI=1S/C16H34N4O2S2.HI/c1-4-17-16(18-8-6-5-7-15(2)3)19-9-14-24(21,22)20-10-12-23-13-11-20;/h15H,4-14H2,1-3H3,(H2,17,18,19);1H. The monoisotopic (exact) mass is 506 g/mol. The highest BCUT2D eigenvalue weighted by atomic mass is 127. The van der Waals surface area contributed by atoms with E-state index in [1.807, 2.05) is 18.7 Å². The maximum absolute atomic E-state index is 12.3. The molecule has 0 amide bonds. The van der Waals surface area contributed by atoms with Gasteiger partial charge in [0.05, 0.1) is 5.75 Å². The van der Waals surface area contributed by atoms with Crippen LogP contribution < -0.4 is 10.6 Å². The number of hydrogen-bond acceptors (Lipinski definition) is 4. The second-order valence-electron chi connectivity index (χ2n) is 6.40. The van der Waals surface area contributed by atoms with Gasteiger partial charge in [-0.05, 0) is 19.3 Å². The van der Waals surface area contributed by atoms with E-state index in [0.29, 0.717) is 25.6 Å². The second kappa shape index (κ2) is 14.3. The quantitative estimate of drug-likeness (QED) is 0.206. The van der Waals surface area contributed by atoms with Crippen LogP contribution in [0.2, 0.25) is 0 Å². The molecule has 1 aliphatic rings. The van der Waals surface area contributed by atoms with Crippen LogP contribution in [0.15, 0.2) is 4.99 Å². The molecule has 0 saturated carbocycles. The zero-order valence-corrected chi connectivity index (χ0v) is 19.8. The molecule has 0 bridgehead atoms. The molecule has 9 heteroatoms. The second-order valence-corrected chi connectivity index (χ2v) is 9.72. The van der Waals surface area contributed by atoms with Gasteiger partial charge in [0.2, 0.25) is 10.0 Å². The molecule has 1 saturated heterocycles. The number of nitrogens with zero attached hydrogens (tertiary/aromatic N) is 2. The number of thioether (sulfide) groups is 1. The SMILES string of the molecule is CCNC(=NCCCCC(C)C)NCCS(=O)(=O)N1CCSCC1.I. The Bertz CT molecular complexity index is 467. The third-order valence-electron chi connectivity index (χ3n) is 3.82. The molecule has 0 spiro atoms. The number of hydrogen-bond donors (Lipinski definition) is 2. The van der Waals surface area contributed by atoms with Crippen LogP contribution in [0.5, 0.6) is 0 Å². The lowest BCUT2D eigenvalue weighted by atomic mass is 10.1. The fraction of sp³-hybridized carbons (Fsp3) is 0.938. The Morgan fingerprint density at radius 3 is 2.48 bits per heavy atom. The maximum atomic E-state index is 12.3. The lowest BCUT2D eigenvalue weighted by Crippen LogP contribution is -2.44. The van der Waals surface area contributed by atoms with E-state index in [-0.39, 0.29) is 29.7 Å². The molecule has 0 aromatic heterocycles. The number of unbranched alkanes of at least 4 members (excludes halogenated alkanes) is 1. The minimum atomic E-state index is -3.16. The summed E-state index contributed by atoms with van der Waals surface area (Å²) in [6, 6.07) is 0. The van der Waals surface area contributed by atoms with Gasteiger partial charge >= 0.3 is 0 Å². The molecule has 25 heavy (non-hydrogen) atoms. The van der Waals surface area contributed by atoms with Crippen LogP contribution in [0.1, 0.15) is 40.0 Å². The lowest BCUT2D eigenvalue weighted by Gasteiger charge is -2.25. The fourth-order valence-electron chi connectivity index (χ4n) is 2.45. The van der Waals surface area contributed by atoms with Crippen molar-refractivity contribution in [2.45, 2.75) is 40.0 Å². The van der Waals surface area contributed by atoms with Crippen LogP contribution in [0, 0.1) is 5.92 Å². The summed E-state index contributed by atoms with van der Waals surface area (Å²) in [6.07, 6.45) is 3.48. The molecule has 1 rings (SSSR count). The molecule has 1 fully saturated rings. The van der Waals surface area contributed by atoms with Crippen LogP contribution in [-0.4, -0.2) is 68.7 Å². The minimum Gasteiger partial charge on any atom is -0.357 e. The predicted octanol–water partition coefficient (Wildman–Crippen LogP) is 2.36. The van der Waals surface area contributed by atoms with Crippen molar-refractivity contribution in [1.82, 2.24) is 14.9 Å². The van der Waals surface area contributed by atoms with E-state index < -0.39 is 10.0 Å². The Kier molecular flexibility index (Phi) is 14.5. The van der Waals surface area contributed by atoms with Crippen molar-refractivity contribution in [2.24, 2.45) is 10.9 Å². The first-order chi connectivity index (χ1) is 11.5. The fourth-order valence-corrected chi connectivity index (χ4v) is 4.94. The average Bonchev–Trinajstić information content (AvgIpc) is 2.55. The summed E-state index contributed by atoms with van der Waals surface area (Å²) in [5.74, 6) is 3.36. The lowest BCUT2D eigenvalue weighted by molar-refractivity contribution is 0.443. The molecule has 0 radical (unpaired) electrons. The van der Waals surface area contributed by atoms with Gasteiger partial charge in [-0.15, -0.1) is 24.0 Å². The number of nitrogens with one attached hydrogen (secondary N) is 2. The third-order valence-corrected chi connectivity index (χ3v) is 6.63. The Balaban J connectivity index is 0.00000576. The summed E-state index contributed by atoms with van der Waals surface area (Å²) in [5, 5.41) is 6.32. The Hall–Kier alpha value is 0.260. The van der Waals surface area contributed by atoms with Crippen molar-refractivity contribution in [2.75, 3.05) is 50.0 Å². The Morgan fingerprint density at radius 1 is 1.20 bits per heavy atom. The number of sulfonamides is 1. The number of guanidine groups is 1. The highest BCUT2D eigenvalue weighted by molar-refractivity contribution is 14.0. The van der Waals surface area contributed by atoms with Crippen molar-refractivity contribution in [3.8, 4) is 0 Å². The topological polar surface area (TPSA) is 73.8 Å². The summed E-state index contributed by atoms with van der Waals surface area (Å²) in [6.45, 7) is 9.69. The smallest absolute Gasteiger partial charge is 0.215 e. The van der Waals surface area contributed by atoms with Crippen LogP contribution in [-0.2, 0) is 10.0 Å². The molecular weight excluding hydrogens is 471 g/mol. The summed E-state index contributed by atoms with van der Waals surface area (Å²) >= 11 is 1.81. The molecule has 1 heterocycles. The highest BCUT2D eigenvalue weighted by Gasteiger charge is 2.23. The largest absolute Gasteiger partial charge is 0.357 e. The normalized spacial score (nSPS) is 16.6. The van der Waals surface area contributed by atoms with Gasteiger partial charge in [0.1, 0.15) is 0 Å². The summed E-state index contributed by atoms with van der Waals surface area (Å²) in [4.78, 5) is 4.53. The molecule has 6 nitrogen and oxygen atoms in total. The molecule has 0 unspecified atom stereocenters.